The van der Waals surface area contributed by atoms with E-state index in [-0.39, 0.29) is 6.04 Å². The van der Waals surface area contributed by atoms with Gasteiger partial charge in [0.15, 0.2) is 0 Å². The largest absolute Gasteiger partial charge is 0.491 e. The number of benzene rings is 1. The smallest absolute Gasteiger partial charge is 0.338 e. The number of nitrogens with one attached hydrogen (secondary N) is 1. The number of pyridine rings is 1. The first-order valence-corrected chi connectivity index (χ1v) is 7.14. The van der Waals surface area contributed by atoms with Crippen LogP contribution >= 0.6 is 11.6 Å². The molecule has 1 aromatic carbocycles. The Morgan fingerprint density at radius 3 is 2.73 bits per heavy atom. The van der Waals surface area contributed by atoms with Crippen LogP contribution in [-0.2, 0) is 4.74 Å². The number of anilines is 1. The first kappa shape index (κ1) is 16.1. The molecule has 6 heteroatoms. The van der Waals surface area contributed by atoms with E-state index in [4.69, 9.17) is 16.3 Å². The van der Waals surface area contributed by atoms with Crippen LogP contribution in [0.25, 0.3) is 0 Å². The predicted octanol–water partition coefficient (Wildman–Crippen LogP) is 3.40. The molecule has 0 amide bonds. The second-order valence-corrected chi connectivity index (χ2v) is 5.20. The molecule has 2 rings (SSSR count). The number of methoxy groups -OCH3 is 1. The number of carbonyl (C=O) groups is 1. The third-order valence-corrected chi connectivity index (χ3v) is 3.10. The summed E-state index contributed by atoms with van der Waals surface area (Å²) >= 11 is 5.99. The van der Waals surface area contributed by atoms with Gasteiger partial charge in [0.1, 0.15) is 12.4 Å². The monoisotopic (exact) mass is 320 g/mol. The van der Waals surface area contributed by atoms with Crippen LogP contribution in [0, 0.1) is 0 Å². The van der Waals surface area contributed by atoms with Gasteiger partial charge in [-0.25, -0.2) is 4.79 Å². The van der Waals surface area contributed by atoms with Crippen molar-refractivity contribution >= 4 is 23.3 Å². The first-order chi connectivity index (χ1) is 10.6. The molecular weight excluding hydrogens is 304 g/mol. The summed E-state index contributed by atoms with van der Waals surface area (Å²) in [6, 6.07) is 8.64. The summed E-state index contributed by atoms with van der Waals surface area (Å²) in [5.74, 6) is 0.0755. The molecule has 0 aliphatic rings. The van der Waals surface area contributed by atoms with Crippen LogP contribution in [0.1, 0.15) is 17.3 Å². The summed E-state index contributed by atoms with van der Waals surface area (Å²) in [6.07, 6.45) is 3.44. The Bertz CT molecular complexity index is 635. The van der Waals surface area contributed by atoms with Gasteiger partial charge in [-0.05, 0) is 37.3 Å². The average Bonchev–Trinajstić information content (AvgIpc) is 2.52. The zero-order chi connectivity index (χ0) is 15.9. The number of esters is 1. The first-order valence-electron chi connectivity index (χ1n) is 6.77. The zero-order valence-corrected chi connectivity index (χ0v) is 13.1. The Kier molecular flexibility index (Phi) is 5.61. The van der Waals surface area contributed by atoms with Crippen LogP contribution in [0.2, 0.25) is 5.02 Å². The number of ether oxygens (including phenoxy) is 2. The molecule has 0 unspecified atom stereocenters. The van der Waals surface area contributed by atoms with E-state index in [1.807, 2.05) is 19.1 Å². The molecule has 1 aromatic heterocycles. The molecule has 1 atom stereocenters. The molecule has 0 spiro atoms. The van der Waals surface area contributed by atoms with Gasteiger partial charge in [0, 0.05) is 23.1 Å². The van der Waals surface area contributed by atoms with Gasteiger partial charge in [0.05, 0.1) is 18.7 Å². The molecule has 5 nitrogen and oxygen atoms in total. The van der Waals surface area contributed by atoms with Gasteiger partial charge in [-0.15, -0.1) is 0 Å². The molecule has 0 aliphatic carbocycles. The molecular formula is C16H17ClN2O3. The highest BCUT2D eigenvalue weighted by Gasteiger charge is 2.10. The van der Waals surface area contributed by atoms with Crippen molar-refractivity contribution in [1.82, 2.24) is 4.98 Å². The van der Waals surface area contributed by atoms with Gasteiger partial charge in [0.25, 0.3) is 0 Å². The van der Waals surface area contributed by atoms with E-state index in [0.717, 1.165) is 5.69 Å². The highest BCUT2D eigenvalue weighted by molar-refractivity contribution is 6.31. The molecule has 22 heavy (non-hydrogen) atoms. The molecule has 2 aromatic rings. The Balaban J connectivity index is 1.96. The molecule has 0 aliphatic heterocycles. The fourth-order valence-corrected chi connectivity index (χ4v) is 2.10. The van der Waals surface area contributed by atoms with E-state index in [1.165, 1.54) is 7.11 Å². The van der Waals surface area contributed by atoms with Crippen molar-refractivity contribution in [2.24, 2.45) is 0 Å². The summed E-state index contributed by atoms with van der Waals surface area (Å²) in [7, 11) is 1.32. The third-order valence-electron chi connectivity index (χ3n) is 2.89. The number of nitrogens with zero attached hydrogens (tertiary/aromatic N) is 1. The fourth-order valence-electron chi connectivity index (χ4n) is 1.88. The minimum atomic E-state index is -0.449. The summed E-state index contributed by atoms with van der Waals surface area (Å²) in [5.41, 5.74) is 1.33. The van der Waals surface area contributed by atoms with E-state index in [0.29, 0.717) is 22.9 Å². The van der Waals surface area contributed by atoms with Crippen molar-refractivity contribution in [1.29, 1.82) is 0 Å². The van der Waals surface area contributed by atoms with Crippen LogP contribution in [0.15, 0.2) is 42.7 Å². The average molecular weight is 321 g/mol. The van der Waals surface area contributed by atoms with Gasteiger partial charge in [-0.1, -0.05) is 11.6 Å². The third kappa shape index (κ3) is 4.63. The van der Waals surface area contributed by atoms with Gasteiger partial charge < -0.3 is 14.8 Å². The highest BCUT2D eigenvalue weighted by Crippen LogP contribution is 2.22. The van der Waals surface area contributed by atoms with Gasteiger partial charge in [0.2, 0.25) is 0 Å². The van der Waals surface area contributed by atoms with E-state index >= 15 is 0 Å². The van der Waals surface area contributed by atoms with Crippen LogP contribution in [0.5, 0.6) is 5.75 Å². The van der Waals surface area contributed by atoms with Gasteiger partial charge in [-0.2, -0.15) is 0 Å². The maximum atomic E-state index is 11.5. The lowest BCUT2D eigenvalue weighted by Crippen LogP contribution is -2.23. The number of rotatable bonds is 6. The predicted molar refractivity (Wildman–Crippen MR) is 85.6 cm³/mol. The van der Waals surface area contributed by atoms with Crippen LogP contribution in [0.3, 0.4) is 0 Å². The number of hydrogen-bond donors (Lipinski definition) is 1. The summed E-state index contributed by atoms with van der Waals surface area (Å²) in [6.45, 7) is 2.41. The maximum Gasteiger partial charge on any atom is 0.338 e. The number of aromatic nitrogens is 1. The summed E-state index contributed by atoms with van der Waals surface area (Å²) in [5, 5.41) is 3.71. The molecule has 116 valence electrons. The van der Waals surface area contributed by atoms with E-state index < -0.39 is 5.97 Å². The van der Waals surface area contributed by atoms with Crippen molar-refractivity contribution in [2.45, 2.75) is 13.0 Å². The summed E-state index contributed by atoms with van der Waals surface area (Å²) < 4.78 is 10.4. The Hall–Kier alpha value is -2.27. The zero-order valence-electron chi connectivity index (χ0n) is 12.4. The van der Waals surface area contributed by atoms with Crippen molar-refractivity contribution in [2.75, 3.05) is 19.0 Å². The molecule has 0 saturated heterocycles. The molecule has 1 N–H and O–H groups in total. The second-order valence-electron chi connectivity index (χ2n) is 4.76. The lowest BCUT2D eigenvalue weighted by atomic mass is 10.2. The van der Waals surface area contributed by atoms with Crippen LogP contribution in [-0.4, -0.2) is 30.7 Å². The molecule has 0 bridgehead atoms. The fraction of sp³-hybridized carbons (Fsp3) is 0.250. The van der Waals surface area contributed by atoms with E-state index in [1.54, 1.807) is 30.6 Å². The lowest BCUT2D eigenvalue weighted by Gasteiger charge is -2.16. The van der Waals surface area contributed by atoms with Crippen molar-refractivity contribution in [3.05, 3.63) is 53.3 Å². The number of carbonyl (C=O) groups excluding carboxylic acids is 1. The van der Waals surface area contributed by atoms with E-state index in [9.17, 15) is 4.79 Å². The standard InChI is InChI=1S/C16H17ClN2O3/c1-11(19-14-3-5-18-6-4-14)10-22-15-8-12(16(20)21-2)7-13(17)9-15/h3-9,11H,10H2,1-2H3,(H,18,19)/t11-/m0/s1. The van der Waals surface area contributed by atoms with E-state index in [2.05, 4.69) is 15.0 Å². The lowest BCUT2D eigenvalue weighted by molar-refractivity contribution is 0.0600. The minimum Gasteiger partial charge on any atom is -0.491 e. The molecule has 0 fully saturated rings. The number of halogens is 1. The Labute approximate surface area is 134 Å². The van der Waals surface area contributed by atoms with Gasteiger partial charge >= 0.3 is 5.97 Å². The maximum absolute atomic E-state index is 11.5. The Morgan fingerprint density at radius 1 is 1.32 bits per heavy atom. The topological polar surface area (TPSA) is 60.5 Å². The summed E-state index contributed by atoms with van der Waals surface area (Å²) in [4.78, 5) is 15.5. The molecule has 0 saturated carbocycles. The van der Waals surface area contributed by atoms with Gasteiger partial charge in [-0.3, -0.25) is 4.98 Å². The van der Waals surface area contributed by atoms with Crippen molar-refractivity contribution in [3.8, 4) is 5.75 Å². The minimum absolute atomic E-state index is 0.0722. The normalized spacial score (nSPS) is 11.6. The Morgan fingerprint density at radius 2 is 2.05 bits per heavy atom. The highest BCUT2D eigenvalue weighted by atomic mass is 35.5. The molecule has 1 heterocycles. The van der Waals surface area contributed by atoms with Crippen LogP contribution in [0.4, 0.5) is 5.69 Å². The van der Waals surface area contributed by atoms with Crippen LogP contribution < -0.4 is 10.1 Å². The van der Waals surface area contributed by atoms with Crippen molar-refractivity contribution in [3.63, 3.8) is 0 Å². The number of hydrogen-bond acceptors (Lipinski definition) is 5. The molecule has 0 radical (unpaired) electrons. The SMILES string of the molecule is COC(=O)c1cc(Cl)cc(OC[C@H](C)Nc2ccncc2)c1. The quantitative estimate of drug-likeness (QED) is 0.827. The second kappa shape index (κ2) is 7.66. The van der Waals surface area contributed by atoms with Crippen molar-refractivity contribution < 1.29 is 14.3 Å².